The first-order valence-corrected chi connectivity index (χ1v) is 10.1. The molecule has 1 heterocycles. The van der Waals surface area contributed by atoms with Gasteiger partial charge in [-0.3, -0.25) is 0 Å². The number of benzene rings is 1. The Kier molecular flexibility index (Phi) is 5.18. The van der Waals surface area contributed by atoms with Crippen LogP contribution in [-0.4, -0.2) is 26.9 Å². The van der Waals surface area contributed by atoms with E-state index in [1.165, 1.54) is 31.2 Å². The Morgan fingerprint density at radius 1 is 1.43 bits per heavy atom. The molecule has 1 aromatic carbocycles. The highest BCUT2D eigenvalue weighted by atomic mass is 79.9. The fourth-order valence-corrected chi connectivity index (χ4v) is 4.69. The number of thioether (sulfide) groups is 1. The monoisotopic (exact) mass is 386 g/mol. The molecule has 5 heteroatoms. The summed E-state index contributed by atoms with van der Waals surface area (Å²) in [6.45, 7) is 0. The minimum atomic E-state index is 0.570. The Balaban J connectivity index is 2.04. The molecule has 1 aromatic heterocycles. The van der Waals surface area contributed by atoms with Gasteiger partial charge in [-0.25, -0.2) is 4.98 Å². The first-order chi connectivity index (χ1) is 10.2. The zero-order chi connectivity index (χ0) is 14.8. The van der Waals surface area contributed by atoms with Crippen LogP contribution in [0, 0.1) is 0 Å². The fourth-order valence-electron chi connectivity index (χ4n) is 3.36. The third-order valence-corrected chi connectivity index (χ3v) is 6.12. The summed E-state index contributed by atoms with van der Waals surface area (Å²) in [5, 5.41) is 0.778. The van der Waals surface area contributed by atoms with Gasteiger partial charge in [0.25, 0.3) is 0 Å². The van der Waals surface area contributed by atoms with E-state index in [9.17, 15) is 0 Å². The Labute approximate surface area is 143 Å². The van der Waals surface area contributed by atoms with Crippen LogP contribution in [-0.2, 0) is 6.42 Å². The molecule has 0 spiro atoms. The maximum Gasteiger partial charge on any atom is 0.111 e. The molecular weight excluding hydrogens is 368 g/mol. The smallest absolute Gasteiger partial charge is 0.111 e. The number of hydrogen-bond acceptors (Lipinski definition) is 2. The van der Waals surface area contributed by atoms with Crippen LogP contribution in [0.25, 0.3) is 11.0 Å². The summed E-state index contributed by atoms with van der Waals surface area (Å²) in [5.41, 5.74) is 2.33. The van der Waals surface area contributed by atoms with Crippen LogP contribution in [0.5, 0.6) is 0 Å². The maximum atomic E-state index is 6.00. The van der Waals surface area contributed by atoms with E-state index in [2.05, 4.69) is 45.0 Å². The zero-order valence-corrected chi connectivity index (χ0v) is 15.3. The van der Waals surface area contributed by atoms with E-state index >= 15 is 0 Å². The number of rotatable bonds is 4. The average Bonchev–Trinajstić information content (AvgIpc) is 2.84. The van der Waals surface area contributed by atoms with Gasteiger partial charge in [-0.05, 0) is 43.7 Å². The Morgan fingerprint density at radius 3 is 3.05 bits per heavy atom. The molecule has 1 fully saturated rings. The Hall–Kier alpha value is -0.190. The topological polar surface area (TPSA) is 17.8 Å². The summed E-state index contributed by atoms with van der Waals surface area (Å²) in [4.78, 5) is 4.83. The predicted molar refractivity (Wildman–Crippen MR) is 96.7 cm³/mol. The molecule has 1 saturated carbocycles. The Bertz CT molecular complexity index is 628. The molecule has 0 amide bonds. The molecule has 114 valence electrons. The molecule has 0 radical (unpaired) electrons. The second-order valence-electron chi connectivity index (χ2n) is 5.65. The van der Waals surface area contributed by atoms with Crippen LogP contribution in [0.15, 0.2) is 22.7 Å². The van der Waals surface area contributed by atoms with E-state index in [-0.39, 0.29) is 0 Å². The van der Waals surface area contributed by atoms with Crippen LogP contribution < -0.4 is 0 Å². The minimum Gasteiger partial charge on any atom is -0.325 e. The van der Waals surface area contributed by atoms with Gasteiger partial charge in [0.1, 0.15) is 5.82 Å². The van der Waals surface area contributed by atoms with Gasteiger partial charge in [-0.1, -0.05) is 22.4 Å². The van der Waals surface area contributed by atoms with Gasteiger partial charge in [0.15, 0.2) is 0 Å². The van der Waals surface area contributed by atoms with Gasteiger partial charge in [0.2, 0.25) is 0 Å². The average molecular weight is 388 g/mol. The number of halogens is 2. The van der Waals surface area contributed by atoms with E-state index in [4.69, 9.17) is 16.6 Å². The standard InChI is InChI=1S/C16H20BrClN2S/c1-21-13-4-2-3-12(10-13)20-15-6-5-11(17)9-14(15)19-16(20)7-8-18/h5-6,9,12-13H,2-4,7-8,10H2,1H3. The highest BCUT2D eigenvalue weighted by Gasteiger charge is 2.25. The van der Waals surface area contributed by atoms with Crippen molar-refractivity contribution in [1.82, 2.24) is 9.55 Å². The number of nitrogens with zero attached hydrogens (tertiary/aromatic N) is 2. The molecule has 21 heavy (non-hydrogen) atoms. The van der Waals surface area contributed by atoms with E-state index in [1.807, 2.05) is 11.8 Å². The normalized spacial score (nSPS) is 22.8. The summed E-state index contributed by atoms with van der Waals surface area (Å²) < 4.78 is 3.55. The van der Waals surface area contributed by atoms with Crippen molar-refractivity contribution in [3.05, 3.63) is 28.5 Å². The van der Waals surface area contributed by atoms with Gasteiger partial charge < -0.3 is 4.57 Å². The molecule has 3 rings (SSSR count). The molecule has 0 saturated heterocycles. The quantitative estimate of drug-likeness (QED) is 0.651. The molecule has 2 unspecified atom stereocenters. The highest BCUT2D eigenvalue weighted by Crippen LogP contribution is 2.37. The van der Waals surface area contributed by atoms with Gasteiger partial charge in [0, 0.05) is 28.1 Å². The first-order valence-electron chi connectivity index (χ1n) is 7.48. The molecule has 0 aliphatic heterocycles. The van der Waals surface area contributed by atoms with Crippen molar-refractivity contribution < 1.29 is 0 Å². The third-order valence-electron chi connectivity index (χ3n) is 4.34. The molecule has 2 aromatic rings. The fraction of sp³-hybridized carbons (Fsp3) is 0.562. The number of aromatic nitrogens is 2. The molecule has 2 atom stereocenters. The summed E-state index contributed by atoms with van der Waals surface area (Å²) >= 11 is 11.5. The molecule has 1 aliphatic rings. The first kappa shape index (κ1) is 15.7. The largest absolute Gasteiger partial charge is 0.325 e. The van der Waals surface area contributed by atoms with Gasteiger partial charge in [-0.15, -0.1) is 11.6 Å². The third kappa shape index (κ3) is 3.27. The number of imidazole rings is 1. The van der Waals surface area contributed by atoms with Crippen molar-refractivity contribution >= 4 is 50.3 Å². The zero-order valence-electron chi connectivity index (χ0n) is 12.2. The number of alkyl halides is 1. The van der Waals surface area contributed by atoms with Crippen molar-refractivity contribution in [2.45, 2.75) is 43.4 Å². The van der Waals surface area contributed by atoms with E-state index in [0.717, 1.165) is 27.5 Å². The van der Waals surface area contributed by atoms with Gasteiger partial charge in [-0.2, -0.15) is 11.8 Å². The van der Waals surface area contributed by atoms with Crippen LogP contribution in [0.1, 0.15) is 37.5 Å². The number of hydrogen-bond donors (Lipinski definition) is 0. The van der Waals surface area contributed by atoms with Crippen LogP contribution in [0.2, 0.25) is 0 Å². The number of aryl methyl sites for hydroxylation is 1. The molecule has 2 nitrogen and oxygen atoms in total. The van der Waals surface area contributed by atoms with Crippen LogP contribution >= 0.6 is 39.3 Å². The lowest BCUT2D eigenvalue weighted by molar-refractivity contribution is 0.360. The summed E-state index contributed by atoms with van der Waals surface area (Å²) in [7, 11) is 0. The van der Waals surface area contributed by atoms with Crippen molar-refractivity contribution in [3.8, 4) is 0 Å². The van der Waals surface area contributed by atoms with Crippen LogP contribution in [0.4, 0.5) is 0 Å². The summed E-state index contributed by atoms with van der Waals surface area (Å²) in [6.07, 6.45) is 8.24. The van der Waals surface area contributed by atoms with Crippen molar-refractivity contribution in [2.24, 2.45) is 0 Å². The maximum absolute atomic E-state index is 6.00. The van der Waals surface area contributed by atoms with Gasteiger partial charge in [0.05, 0.1) is 11.0 Å². The summed E-state index contributed by atoms with van der Waals surface area (Å²) in [6, 6.07) is 6.98. The second kappa shape index (κ2) is 6.93. The van der Waals surface area contributed by atoms with Crippen LogP contribution in [0.3, 0.4) is 0 Å². The van der Waals surface area contributed by atoms with Gasteiger partial charge >= 0.3 is 0 Å². The minimum absolute atomic E-state index is 0.570. The lowest BCUT2D eigenvalue weighted by atomic mass is 9.94. The van der Waals surface area contributed by atoms with E-state index in [0.29, 0.717) is 11.9 Å². The van der Waals surface area contributed by atoms with Crippen molar-refractivity contribution in [3.63, 3.8) is 0 Å². The van der Waals surface area contributed by atoms with Crippen molar-refractivity contribution in [1.29, 1.82) is 0 Å². The second-order valence-corrected chi connectivity index (χ2v) is 8.08. The SMILES string of the molecule is CSC1CCCC(n2c(CCCl)nc3cc(Br)ccc32)C1. The lowest BCUT2D eigenvalue weighted by Gasteiger charge is -2.30. The number of fused-ring (bicyclic) bond motifs is 1. The molecular formula is C16H20BrClN2S. The predicted octanol–water partition coefficient (Wildman–Crippen LogP) is 5.43. The summed E-state index contributed by atoms with van der Waals surface area (Å²) in [5.74, 6) is 1.77. The van der Waals surface area contributed by atoms with Crippen molar-refractivity contribution in [2.75, 3.05) is 12.1 Å². The lowest BCUT2D eigenvalue weighted by Crippen LogP contribution is -2.22. The molecule has 0 bridgehead atoms. The van der Waals surface area contributed by atoms with E-state index < -0.39 is 0 Å². The highest BCUT2D eigenvalue weighted by molar-refractivity contribution is 9.10. The van der Waals surface area contributed by atoms with E-state index in [1.54, 1.807) is 0 Å². The Morgan fingerprint density at radius 2 is 2.29 bits per heavy atom. The molecule has 1 aliphatic carbocycles. The molecule has 0 N–H and O–H groups in total.